The summed E-state index contributed by atoms with van der Waals surface area (Å²) in [6.45, 7) is 2.25. The Morgan fingerprint density at radius 2 is 2.03 bits per heavy atom. The van der Waals surface area contributed by atoms with E-state index in [4.69, 9.17) is 10.5 Å². The van der Waals surface area contributed by atoms with Crippen molar-refractivity contribution in [1.82, 2.24) is 20.3 Å². The Kier molecular flexibility index (Phi) is 9.07. The maximum absolute atomic E-state index is 12.3. The van der Waals surface area contributed by atoms with Crippen molar-refractivity contribution in [3.63, 3.8) is 0 Å². The zero-order chi connectivity index (χ0) is 20.6. The van der Waals surface area contributed by atoms with Gasteiger partial charge in [0.25, 0.3) is 0 Å². The molecule has 3 rings (SSSR count). The number of nitrogens with zero attached hydrogens (tertiary/aromatic N) is 4. The second-order valence-corrected chi connectivity index (χ2v) is 7.40. The highest BCUT2D eigenvalue weighted by Crippen LogP contribution is 2.21. The van der Waals surface area contributed by atoms with Gasteiger partial charge in [-0.2, -0.15) is 15.0 Å². The van der Waals surface area contributed by atoms with Crippen molar-refractivity contribution < 1.29 is 9.53 Å². The molecule has 1 aliphatic heterocycles. The number of rotatable bonds is 8. The van der Waals surface area contributed by atoms with Gasteiger partial charge in [0.05, 0.1) is 0 Å². The molecular weight excluding hydrogens is 406 g/mol. The first kappa shape index (κ1) is 23.6. The number of anilines is 3. The number of benzene rings is 1. The summed E-state index contributed by atoms with van der Waals surface area (Å²) in [4.78, 5) is 26.5. The van der Waals surface area contributed by atoms with Crippen LogP contribution >= 0.6 is 12.4 Å². The largest absolute Gasteiger partial charge is 0.486 e. The minimum absolute atomic E-state index is 0. The van der Waals surface area contributed by atoms with Crippen molar-refractivity contribution >= 4 is 35.9 Å². The molecule has 0 radical (unpaired) electrons. The number of hydrogen-bond donors (Lipinski definition) is 3. The lowest BCUT2D eigenvalue weighted by atomic mass is 9.93. The van der Waals surface area contributed by atoms with E-state index < -0.39 is 0 Å². The lowest BCUT2D eigenvalue weighted by Gasteiger charge is -2.22. The first-order valence-electron chi connectivity index (χ1n) is 9.91. The van der Waals surface area contributed by atoms with Gasteiger partial charge in [-0.25, -0.2) is 0 Å². The second kappa shape index (κ2) is 11.5. The van der Waals surface area contributed by atoms with E-state index in [-0.39, 0.29) is 30.9 Å². The topological polar surface area (TPSA) is 118 Å². The van der Waals surface area contributed by atoms with Gasteiger partial charge in [-0.1, -0.05) is 6.07 Å². The van der Waals surface area contributed by atoms with E-state index in [0.29, 0.717) is 35.5 Å². The van der Waals surface area contributed by atoms with Crippen molar-refractivity contribution in [2.45, 2.75) is 32.3 Å². The first-order chi connectivity index (χ1) is 14.0. The van der Waals surface area contributed by atoms with Crippen molar-refractivity contribution in [2.75, 3.05) is 43.1 Å². The number of halogens is 1. The number of hydrogen-bond acceptors (Lipinski definition) is 8. The molecule has 2 heterocycles. The van der Waals surface area contributed by atoms with E-state index in [9.17, 15) is 4.79 Å². The monoisotopic (exact) mass is 435 g/mol. The molecule has 0 bridgehead atoms. The number of aromatic nitrogens is 3. The fraction of sp³-hybridized carbons (Fsp3) is 0.500. The lowest BCUT2D eigenvalue weighted by molar-refractivity contribution is -0.116. The highest BCUT2D eigenvalue weighted by Gasteiger charge is 2.14. The van der Waals surface area contributed by atoms with Gasteiger partial charge in [-0.3, -0.25) is 4.79 Å². The summed E-state index contributed by atoms with van der Waals surface area (Å²) >= 11 is 0. The number of carbonyl (C=O) groups excluding carboxylic acids is 1. The summed E-state index contributed by atoms with van der Waals surface area (Å²) in [6.07, 6.45) is 3.76. The Balaban J connectivity index is 0.00000320. The number of amides is 1. The molecule has 1 aromatic heterocycles. The van der Waals surface area contributed by atoms with Gasteiger partial charge in [-0.15, -0.1) is 12.4 Å². The molecule has 0 aliphatic carbocycles. The average molecular weight is 436 g/mol. The SMILES string of the molecule is CN(C)c1nc(N)nc(COc2cccc(NC(=O)CCC3CCNCC3)c2)n1.Cl. The molecule has 4 N–H and O–H groups in total. The molecule has 30 heavy (non-hydrogen) atoms. The predicted octanol–water partition coefficient (Wildman–Crippen LogP) is 2.24. The maximum atomic E-state index is 12.3. The van der Waals surface area contributed by atoms with Gasteiger partial charge in [0.2, 0.25) is 17.8 Å². The van der Waals surface area contributed by atoms with Crippen LogP contribution in [0.5, 0.6) is 5.75 Å². The number of nitrogens with one attached hydrogen (secondary N) is 2. The Morgan fingerprint density at radius 1 is 1.27 bits per heavy atom. The number of nitrogen functional groups attached to an aromatic ring is 1. The Bertz CT molecular complexity index is 829. The summed E-state index contributed by atoms with van der Waals surface area (Å²) in [7, 11) is 3.66. The van der Waals surface area contributed by atoms with Gasteiger partial charge >= 0.3 is 0 Å². The van der Waals surface area contributed by atoms with Crippen LogP contribution in [-0.4, -0.2) is 48.0 Å². The van der Waals surface area contributed by atoms with Crippen molar-refractivity contribution in [3.8, 4) is 5.75 Å². The summed E-state index contributed by atoms with van der Waals surface area (Å²) in [6, 6.07) is 7.30. The molecule has 1 fully saturated rings. The molecule has 0 spiro atoms. The Hall–Kier alpha value is -2.65. The van der Waals surface area contributed by atoms with Gasteiger partial charge in [0, 0.05) is 32.3 Å². The van der Waals surface area contributed by atoms with Gasteiger partial charge in [-0.05, 0) is 50.4 Å². The molecule has 1 amide bonds. The molecule has 0 saturated carbocycles. The third-order valence-electron chi connectivity index (χ3n) is 4.81. The maximum Gasteiger partial charge on any atom is 0.230 e. The predicted molar refractivity (Wildman–Crippen MR) is 120 cm³/mol. The van der Waals surface area contributed by atoms with Gasteiger partial charge in [0.1, 0.15) is 12.4 Å². The third-order valence-corrected chi connectivity index (χ3v) is 4.81. The average Bonchev–Trinajstić information content (AvgIpc) is 2.71. The van der Waals surface area contributed by atoms with Crippen molar-refractivity contribution in [1.29, 1.82) is 0 Å². The molecule has 0 unspecified atom stereocenters. The molecule has 0 atom stereocenters. The van der Waals surface area contributed by atoms with Crippen LogP contribution in [0, 0.1) is 5.92 Å². The number of nitrogens with two attached hydrogens (primary N) is 1. The zero-order valence-corrected chi connectivity index (χ0v) is 18.2. The van der Waals surface area contributed by atoms with Crippen molar-refractivity contribution in [2.24, 2.45) is 5.92 Å². The van der Waals surface area contributed by atoms with Crippen LogP contribution in [0.15, 0.2) is 24.3 Å². The van der Waals surface area contributed by atoms with Gasteiger partial charge in [0.15, 0.2) is 5.82 Å². The van der Waals surface area contributed by atoms with Crippen LogP contribution < -0.4 is 26.0 Å². The number of ether oxygens (including phenoxy) is 1. The van der Waals surface area contributed by atoms with E-state index in [2.05, 4.69) is 25.6 Å². The molecular formula is C20H30ClN7O2. The van der Waals surface area contributed by atoms with E-state index in [0.717, 1.165) is 32.4 Å². The third kappa shape index (κ3) is 7.31. The minimum Gasteiger partial charge on any atom is -0.486 e. The van der Waals surface area contributed by atoms with E-state index in [1.807, 2.05) is 32.3 Å². The van der Waals surface area contributed by atoms with Crippen LogP contribution in [0.2, 0.25) is 0 Å². The van der Waals surface area contributed by atoms with E-state index >= 15 is 0 Å². The zero-order valence-electron chi connectivity index (χ0n) is 17.4. The highest BCUT2D eigenvalue weighted by atomic mass is 35.5. The van der Waals surface area contributed by atoms with Crippen LogP contribution in [0.1, 0.15) is 31.5 Å². The molecule has 9 nitrogen and oxygen atoms in total. The Morgan fingerprint density at radius 3 is 2.77 bits per heavy atom. The normalized spacial score (nSPS) is 13.9. The summed E-state index contributed by atoms with van der Waals surface area (Å²) < 4.78 is 5.77. The lowest BCUT2D eigenvalue weighted by Crippen LogP contribution is -2.28. The minimum atomic E-state index is 0. The van der Waals surface area contributed by atoms with Crippen molar-refractivity contribution in [3.05, 3.63) is 30.1 Å². The fourth-order valence-corrected chi connectivity index (χ4v) is 3.23. The second-order valence-electron chi connectivity index (χ2n) is 7.40. The standard InChI is InChI=1S/C20H29N7O2.ClH/c1-27(2)20-25-17(24-19(21)26-20)13-29-16-5-3-4-15(12-16)23-18(28)7-6-14-8-10-22-11-9-14;/h3-5,12,14,22H,6-11,13H2,1-2H3,(H,23,28)(H2,21,24,25,26);1H. The quantitative estimate of drug-likeness (QED) is 0.577. The van der Waals surface area contributed by atoms with Crippen LogP contribution in [-0.2, 0) is 11.4 Å². The summed E-state index contributed by atoms with van der Waals surface area (Å²) in [5.41, 5.74) is 6.44. The van der Waals surface area contributed by atoms with E-state index in [1.165, 1.54) is 0 Å². The summed E-state index contributed by atoms with van der Waals surface area (Å²) in [5, 5.41) is 6.30. The smallest absolute Gasteiger partial charge is 0.230 e. The number of piperidine rings is 1. The number of carbonyl (C=O) groups is 1. The first-order valence-corrected chi connectivity index (χ1v) is 9.91. The molecule has 10 heteroatoms. The molecule has 164 valence electrons. The highest BCUT2D eigenvalue weighted by molar-refractivity contribution is 5.90. The van der Waals surface area contributed by atoms with Crippen LogP contribution in [0.25, 0.3) is 0 Å². The molecule has 1 saturated heterocycles. The molecule has 2 aromatic rings. The Labute approximate surface area is 183 Å². The summed E-state index contributed by atoms with van der Waals surface area (Å²) in [5.74, 6) is 2.35. The molecule has 1 aliphatic rings. The van der Waals surface area contributed by atoms with Crippen LogP contribution in [0.3, 0.4) is 0 Å². The van der Waals surface area contributed by atoms with Crippen LogP contribution in [0.4, 0.5) is 17.6 Å². The molecule has 1 aromatic carbocycles. The van der Waals surface area contributed by atoms with E-state index in [1.54, 1.807) is 11.0 Å². The van der Waals surface area contributed by atoms with Gasteiger partial charge < -0.3 is 26.0 Å². The fourth-order valence-electron chi connectivity index (χ4n) is 3.23.